The van der Waals surface area contributed by atoms with Crippen LogP contribution in [0.25, 0.3) is 22.5 Å². The Bertz CT molecular complexity index is 1410. The molecule has 39 heavy (non-hydrogen) atoms. The molecule has 1 fully saturated rings. The third kappa shape index (κ3) is 6.39. The molecule has 10 heteroatoms. The second-order valence-electron chi connectivity index (χ2n) is 10.5. The maximum atomic E-state index is 12.3. The minimum Gasteiger partial charge on any atom is -0.444 e. The van der Waals surface area contributed by atoms with Gasteiger partial charge >= 0.3 is 6.09 Å². The van der Waals surface area contributed by atoms with Crippen LogP contribution in [0.2, 0.25) is 0 Å². The lowest BCUT2D eigenvalue weighted by Crippen LogP contribution is -2.50. The number of amides is 1. The van der Waals surface area contributed by atoms with Gasteiger partial charge in [0.25, 0.3) is 0 Å². The summed E-state index contributed by atoms with van der Waals surface area (Å²) >= 11 is 0. The van der Waals surface area contributed by atoms with Gasteiger partial charge in [0.1, 0.15) is 22.9 Å². The molecule has 4 aromatic rings. The molecule has 1 aliphatic heterocycles. The van der Waals surface area contributed by atoms with E-state index in [1.165, 1.54) is 0 Å². The molecule has 0 radical (unpaired) electrons. The zero-order valence-corrected chi connectivity index (χ0v) is 22.9. The van der Waals surface area contributed by atoms with Crippen LogP contribution in [-0.4, -0.2) is 72.5 Å². The highest BCUT2D eigenvalue weighted by Crippen LogP contribution is 2.29. The van der Waals surface area contributed by atoms with Gasteiger partial charge in [-0.1, -0.05) is 6.07 Å². The SMILES string of the molecule is CCn1cc(-c2ccnc(Cc3ccc(N4CCN(C(=O)OC(C)(C)C)CC4)nc3)n2)c(-c2cccnc2)n1. The van der Waals surface area contributed by atoms with E-state index in [-0.39, 0.29) is 6.09 Å². The van der Waals surface area contributed by atoms with Crippen molar-refractivity contribution in [3.63, 3.8) is 0 Å². The molecule has 5 rings (SSSR count). The number of nitrogens with zero attached hydrogens (tertiary/aromatic N) is 8. The first-order valence-corrected chi connectivity index (χ1v) is 13.3. The number of aryl methyl sites for hydroxylation is 1. The molecule has 0 aromatic carbocycles. The maximum absolute atomic E-state index is 12.3. The van der Waals surface area contributed by atoms with Crippen molar-refractivity contribution in [1.29, 1.82) is 0 Å². The number of carbonyl (C=O) groups is 1. The van der Waals surface area contributed by atoms with E-state index in [9.17, 15) is 4.79 Å². The summed E-state index contributed by atoms with van der Waals surface area (Å²) < 4.78 is 7.41. The molecule has 0 saturated carbocycles. The fourth-order valence-corrected chi connectivity index (χ4v) is 4.46. The predicted octanol–water partition coefficient (Wildman–Crippen LogP) is 4.46. The highest BCUT2D eigenvalue weighted by molar-refractivity contribution is 5.78. The Kier molecular flexibility index (Phi) is 7.53. The zero-order chi connectivity index (χ0) is 27.4. The standard InChI is InChI=1S/C29H34N8O2/c1-5-37-20-23(27(34-37)22-7-6-11-30-19-22)24-10-12-31-25(33-24)17-21-8-9-26(32-18-21)35-13-15-36(16-14-35)28(38)39-29(2,3)4/h6-12,18-20H,5,13-17H2,1-4H3. The fraction of sp³-hybridized carbons (Fsp3) is 0.379. The second kappa shape index (κ2) is 11.2. The monoisotopic (exact) mass is 526 g/mol. The quantitative estimate of drug-likeness (QED) is 0.363. The lowest BCUT2D eigenvalue weighted by Gasteiger charge is -2.36. The summed E-state index contributed by atoms with van der Waals surface area (Å²) in [6.07, 6.45) is 9.57. The molecular weight excluding hydrogens is 492 g/mol. The average Bonchev–Trinajstić information content (AvgIpc) is 3.38. The molecule has 202 valence electrons. The van der Waals surface area contributed by atoms with Crippen molar-refractivity contribution in [1.82, 2.24) is 34.6 Å². The molecule has 4 aromatic heterocycles. The number of hydrogen-bond acceptors (Lipinski definition) is 8. The van der Waals surface area contributed by atoms with E-state index >= 15 is 0 Å². The summed E-state index contributed by atoms with van der Waals surface area (Å²) in [4.78, 5) is 34.6. The van der Waals surface area contributed by atoms with Gasteiger partial charge in [0.2, 0.25) is 0 Å². The first kappa shape index (κ1) is 26.3. The van der Waals surface area contributed by atoms with Crippen LogP contribution < -0.4 is 4.90 Å². The van der Waals surface area contributed by atoms with Crippen LogP contribution >= 0.6 is 0 Å². The zero-order valence-electron chi connectivity index (χ0n) is 22.9. The molecule has 5 heterocycles. The molecule has 1 aliphatic rings. The van der Waals surface area contributed by atoms with E-state index < -0.39 is 5.60 Å². The van der Waals surface area contributed by atoms with Crippen LogP contribution in [0.4, 0.5) is 10.6 Å². The Morgan fingerprint density at radius 1 is 1.00 bits per heavy atom. The molecule has 0 bridgehead atoms. The summed E-state index contributed by atoms with van der Waals surface area (Å²) in [5.74, 6) is 1.61. The summed E-state index contributed by atoms with van der Waals surface area (Å²) in [6.45, 7) is 11.1. The Labute approximate surface area is 228 Å². The number of carbonyl (C=O) groups excluding carboxylic acids is 1. The molecule has 0 spiro atoms. The number of rotatable bonds is 6. The van der Waals surface area contributed by atoms with Crippen molar-refractivity contribution in [3.05, 3.63) is 72.7 Å². The Morgan fingerprint density at radius 3 is 2.49 bits per heavy atom. The van der Waals surface area contributed by atoms with Crippen molar-refractivity contribution in [2.75, 3.05) is 31.1 Å². The third-order valence-electron chi connectivity index (χ3n) is 6.43. The molecule has 1 saturated heterocycles. The molecule has 0 atom stereocenters. The fourth-order valence-electron chi connectivity index (χ4n) is 4.46. The highest BCUT2D eigenvalue weighted by Gasteiger charge is 2.26. The molecular formula is C29H34N8O2. The minimum atomic E-state index is -0.492. The normalized spacial score (nSPS) is 13.9. The van der Waals surface area contributed by atoms with Crippen LogP contribution in [0.1, 0.15) is 39.1 Å². The topological polar surface area (TPSA) is 102 Å². The van der Waals surface area contributed by atoms with Gasteiger partial charge in [0, 0.05) is 81.3 Å². The lowest BCUT2D eigenvalue weighted by molar-refractivity contribution is 0.0240. The molecule has 10 nitrogen and oxygen atoms in total. The van der Waals surface area contributed by atoms with Crippen molar-refractivity contribution >= 4 is 11.9 Å². The van der Waals surface area contributed by atoms with E-state index in [1.807, 2.05) is 68.3 Å². The van der Waals surface area contributed by atoms with Crippen molar-refractivity contribution in [2.24, 2.45) is 0 Å². The Balaban J connectivity index is 1.25. The van der Waals surface area contributed by atoms with E-state index in [4.69, 9.17) is 19.8 Å². The smallest absolute Gasteiger partial charge is 0.410 e. The van der Waals surface area contributed by atoms with Crippen LogP contribution in [0, 0.1) is 0 Å². The summed E-state index contributed by atoms with van der Waals surface area (Å²) in [6, 6.07) is 9.92. The third-order valence-corrected chi connectivity index (χ3v) is 6.43. The van der Waals surface area contributed by atoms with Crippen molar-refractivity contribution < 1.29 is 9.53 Å². The number of piperazine rings is 1. The first-order valence-electron chi connectivity index (χ1n) is 13.3. The van der Waals surface area contributed by atoms with E-state index in [0.717, 1.165) is 46.3 Å². The van der Waals surface area contributed by atoms with Crippen molar-refractivity contribution in [2.45, 2.75) is 46.3 Å². The number of hydrogen-bond donors (Lipinski definition) is 0. The summed E-state index contributed by atoms with van der Waals surface area (Å²) in [5, 5.41) is 4.75. The van der Waals surface area contributed by atoms with E-state index in [2.05, 4.69) is 27.9 Å². The minimum absolute atomic E-state index is 0.262. The van der Waals surface area contributed by atoms with Gasteiger partial charge in [0.05, 0.1) is 5.69 Å². The van der Waals surface area contributed by atoms with Gasteiger partial charge in [-0.05, 0) is 57.5 Å². The van der Waals surface area contributed by atoms with Gasteiger partial charge in [-0.3, -0.25) is 9.67 Å². The molecule has 1 amide bonds. The highest BCUT2D eigenvalue weighted by atomic mass is 16.6. The first-order chi connectivity index (χ1) is 18.8. The lowest BCUT2D eigenvalue weighted by atomic mass is 10.1. The number of aromatic nitrogens is 6. The largest absolute Gasteiger partial charge is 0.444 e. The van der Waals surface area contributed by atoms with Crippen molar-refractivity contribution in [3.8, 4) is 22.5 Å². The molecule has 0 N–H and O–H groups in total. The number of ether oxygens (including phenoxy) is 1. The van der Waals surface area contributed by atoms with E-state index in [1.54, 1.807) is 17.3 Å². The van der Waals surface area contributed by atoms with Gasteiger partial charge in [0.15, 0.2) is 0 Å². The second-order valence-corrected chi connectivity index (χ2v) is 10.5. The van der Waals surface area contributed by atoms with Gasteiger partial charge < -0.3 is 14.5 Å². The average molecular weight is 527 g/mol. The van der Waals surface area contributed by atoms with Crippen LogP contribution in [-0.2, 0) is 17.7 Å². The van der Waals surface area contributed by atoms with Gasteiger partial charge in [-0.25, -0.2) is 19.7 Å². The molecule has 0 aliphatic carbocycles. The Hall–Kier alpha value is -4.34. The van der Waals surface area contributed by atoms with Crippen LogP contribution in [0.3, 0.4) is 0 Å². The summed E-state index contributed by atoms with van der Waals surface area (Å²) in [5.41, 5.74) is 4.12. The predicted molar refractivity (Wildman–Crippen MR) is 149 cm³/mol. The number of anilines is 1. The van der Waals surface area contributed by atoms with Crippen LogP contribution in [0.15, 0.2) is 61.3 Å². The maximum Gasteiger partial charge on any atom is 0.410 e. The van der Waals surface area contributed by atoms with E-state index in [0.29, 0.717) is 32.6 Å². The van der Waals surface area contributed by atoms with Gasteiger partial charge in [-0.2, -0.15) is 5.10 Å². The number of pyridine rings is 2. The summed E-state index contributed by atoms with van der Waals surface area (Å²) in [7, 11) is 0. The Morgan fingerprint density at radius 2 is 1.82 bits per heavy atom. The molecule has 0 unspecified atom stereocenters. The van der Waals surface area contributed by atoms with Gasteiger partial charge in [-0.15, -0.1) is 0 Å². The van der Waals surface area contributed by atoms with Crippen LogP contribution in [0.5, 0.6) is 0 Å².